The molecule has 0 aromatic rings. The SMILES string of the molecule is CNC(C)(COCC1CCOCC1)C(=O)OC. The summed E-state index contributed by atoms with van der Waals surface area (Å²) in [6, 6.07) is 0. The van der Waals surface area contributed by atoms with E-state index in [1.165, 1.54) is 7.11 Å². The number of nitrogens with one attached hydrogen (secondary N) is 1. The normalized spacial score (nSPS) is 20.9. The topological polar surface area (TPSA) is 56.8 Å². The van der Waals surface area contributed by atoms with Crippen molar-refractivity contribution >= 4 is 5.97 Å². The predicted molar refractivity (Wildman–Crippen MR) is 63.8 cm³/mol. The van der Waals surface area contributed by atoms with Crippen LogP contribution in [0.5, 0.6) is 0 Å². The van der Waals surface area contributed by atoms with Gasteiger partial charge in [0.05, 0.1) is 13.7 Å². The first-order valence-electron chi connectivity index (χ1n) is 6.05. The molecule has 0 bridgehead atoms. The molecule has 0 radical (unpaired) electrons. The number of hydrogen-bond donors (Lipinski definition) is 1. The third-order valence-corrected chi connectivity index (χ3v) is 3.27. The van der Waals surface area contributed by atoms with E-state index in [-0.39, 0.29) is 5.97 Å². The first-order valence-corrected chi connectivity index (χ1v) is 6.05. The monoisotopic (exact) mass is 245 g/mol. The third kappa shape index (κ3) is 4.26. The summed E-state index contributed by atoms with van der Waals surface area (Å²) >= 11 is 0. The Bertz CT molecular complexity index is 241. The number of carbonyl (C=O) groups is 1. The van der Waals surface area contributed by atoms with Gasteiger partial charge in [-0.15, -0.1) is 0 Å². The summed E-state index contributed by atoms with van der Waals surface area (Å²) in [6.07, 6.45) is 2.07. The molecule has 1 aliphatic rings. The number of rotatable bonds is 6. The van der Waals surface area contributed by atoms with E-state index in [2.05, 4.69) is 5.32 Å². The second-order valence-electron chi connectivity index (χ2n) is 4.64. The zero-order valence-electron chi connectivity index (χ0n) is 11.0. The molecule has 1 N–H and O–H groups in total. The molecule has 1 aliphatic heterocycles. The van der Waals surface area contributed by atoms with Crippen LogP contribution in [0.2, 0.25) is 0 Å². The number of esters is 1. The van der Waals surface area contributed by atoms with Gasteiger partial charge in [-0.1, -0.05) is 0 Å². The Morgan fingerprint density at radius 1 is 1.47 bits per heavy atom. The second kappa shape index (κ2) is 6.93. The number of methoxy groups -OCH3 is 1. The molecule has 1 heterocycles. The summed E-state index contributed by atoms with van der Waals surface area (Å²) in [5.74, 6) is 0.245. The predicted octanol–water partition coefficient (Wildman–Crippen LogP) is 0.581. The Morgan fingerprint density at radius 2 is 2.12 bits per heavy atom. The molecule has 100 valence electrons. The lowest BCUT2D eigenvalue weighted by molar-refractivity contribution is -0.150. The lowest BCUT2D eigenvalue weighted by Gasteiger charge is -2.28. The molecule has 0 aromatic heterocycles. The van der Waals surface area contributed by atoms with Gasteiger partial charge >= 0.3 is 5.97 Å². The van der Waals surface area contributed by atoms with Gasteiger partial charge in [-0.2, -0.15) is 0 Å². The maximum Gasteiger partial charge on any atom is 0.328 e. The van der Waals surface area contributed by atoms with Gasteiger partial charge in [0.15, 0.2) is 0 Å². The highest BCUT2D eigenvalue weighted by atomic mass is 16.5. The number of carbonyl (C=O) groups excluding carboxylic acids is 1. The fourth-order valence-electron chi connectivity index (χ4n) is 1.80. The van der Waals surface area contributed by atoms with Crippen LogP contribution in [0, 0.1) is 5.92 Å². The van der Waals surface area contributed by atoms with Crippen LogP contribution in [-0.4, -0.2) is 52.1 Å². The largest absolute Gasteiger partial charge is 0.468 e. The van der Waals surface area contributed by atoms with E-state index in [0.29, 0.717) is 19.1 Å². The maximum absolute atomic E-state index is 11.6. The highest BCUT2D eigenvalue weighted by Gasteiger charge is 2.33. The number of ether oxygens (including phenoxy) is 3. The number of hydrogen-bond acceptors (Lipinski definition) is 5. The molecule has 5 nitrogen and oxygen atoms in total. The van der Waals surface area contributed by atoms with Crippen LogP contribution < -0.4 is 5.32 Å². The Balaban J connectivity index is 2.29. The van der Waals surface area contributed by atoms with Crippen LogP contribution in [0.4, 0.5) is 0 Å². The van der Waals surface area contributed by atoms with Gasteiger partial charge in [0, 0.05) is 19.8 Å². The first-order chi connectivity index (χ1) is 8.12. The highest BCUT2D eigenvalue weighted by molar-refractivity contribution is 5.80. The Labute approximate surface area is 103 Å². The van der Waals surface area contributed by atoms with E-state index in [1.807, 2.05) is 0 Å². The van der Waals surface area contributed by atoms with Crippen molar-refractivity contribution in [2.45, 2.75) is 25.3 Å². The smallest absolute Gasteiger partial charge is 0.328 e. The van der Waals surface area contributed by atoms with E-state index in [1.54, 1.807) is 14.0 Å². The van der Waals surface area contributed by atoms with Crippen molar-refractivity contribution in [3.63, 3.8) is 0 Å². The van der Waals surface area contributed by atoms with Crippen LogP contribution in [0.1, 0.15) is 19.8 Å². The molecule has 1 unspecified atom stereocenters. The molecular weight excluding hydrogens is 222 g/mol. The molecular formula is C12H23NO4. The summed E-state index contributed by atoms with van der Waals surface area (Å²) < 4.78 is 15.7. The fourth-order valence-corrected chi connectivity index (χ4v) is 1.80. The molecule has 17 heavy (non-hydrogen) atoms. The van der Waals surface area contributed by atoms with Gasteiger partial charge in [-0.25, -0.2) is 4.79 Å². The van der Waals surface area contributed by atoms with Crippen LogP contribution in [0.25, 0.3) is 0 Å². The van der Waals surface area contributed by atoms with Crippen molar-refractivity contribution in [1.29, 1.82) is 0 Å². The summed E-state index contributed by atoms with van der Waals surface area (Å²) in [4.78, 5) is 11.6. The quantitative estimate of drug-likeness (QED) is 0.694. The van der Waals surface area contributed by atoms with Crippen molar-refractivity contribution in [2.24, 2.45) is 5.92 Å². The maximum atomic E-state index is 11.6. The van der Waals surface area contributed by atoms with Crippen LogP contribution in [-0.2, 0) is 19.0 Å². The third-order valence-electron chi connectivity index (χ3n) is 3.27. The molecule has 1 atom stereocenters. The van der Waals surface area contributed by atoms with Crippen LogP contribution >= 0.6 is 0 Å². The second-order valence-corrected chi connectivity index (χ2v) is 4.64. The Kier molecular flexibility index (Phi) is 5.88. The molecule has 0 spiro atoms. The van der Waals surface area contributed by atoms with E-state index < -0.39 is 5.54 Å². The van der Waals surface area contributed by atoms with Crippen LogP contribution in [0.15, 0.2) is 0 Å². The zero-order valence-corrected chi connectivity index (χ0v) is 11.0. The standard InChI is InChI=1S/C12H23NO4/c1-12(13-2,11(14)15-3)9-17-8-10-4-6-16-7-5-10/h10,13H,4-9H2,1-3H3. The lowest BCUT2D eigenvalue weighted by atomic mass is 10.0. The molecule has 0 saturated carbocycles. The Hall–Kier alpha value is -0.650. The summed E-state index contributed by atoms with van der Waals surface area (Å²) in [5.41, 5.74) is -0.764. The summed E-state index contributed by atoms with van der Waals surface area (Å²) in [6.45, 7) is 4.41. The summed E-state index contributed by atoms with van der Waals surface area (Å²) in [7, 11) is 3.12. The van der Waals surface area contributed by atoms with Gasteiger partial charge in [0.2, 0.25) is 0 Å². The molecule has 1 fully saturated rings. The fraction of sp³-hybridized carbons (Fsp3) is 0.917. The van der Waals surface area contributed by atoms with E-state index in [9.17, 15) is 4.79 Å². The molecule has 0 aliphatic carbocycles. The van der Waals surface area contributed by atoms with Gasteiger partial charge in [-0.3, -0.25) is 0 Å². The van der Waals surface area contributed by atoms with Crippen molar-refractivity contribution in [3.05, 3.63) is 0 Å². The Morgan fingerprint density at radius 3 is 2.65 bits per heavy atom. The average molecular weight is 245 g/mol. The van der Waals surface area contributed by atoms with Crippen molar-refractivity contribution < 1.29 is 19.0 Å². The lowest BCUT2D eigenvalue weighted by Crippen LogP contribution is -2.52. The van der Waals surface area contributed by atoms with Crippen molar-refractivity contribution in [3.8, 4) is 0 Å². The minimum Gasteiger partial charge on any atom is -0.468 e. The highest BCUT2D eigenvalue weighted by Crippen LogP contribution is 2.16. The molecule has 0 amide bonds. The molecule has 1 saturated heterocycles. The van der Waals surface area contributed by atoms with Gasteiger partial charge < -0.3 is 19.5 Å². The average Bonchev–Trinajstić information content (AvgIpc) is 2.38. The van der Waals surface area contributed by atoms with Crippen molar-refractivity contribution in [2.75, 3.05) is 40.6 Å². The molecule has 1 rings (SSSR count). The first kappa shape index (κ1) is 14.4. The van der Waals surface area contributed by atoms with Gasteiger partial charge in [-0.05, 0) is 32.7 Å². The van der Waals surface area contributed by atoms with Gasteiger partial charge in [0.1, 0.15) is 5.54 Å². The summed E-state index contributed by atoms with van der Waals surface area (Å²) in [5, 5.41) is 2.94. The zero-order chi connectivity index (χ0) is 12.7. The minimum absolute atomic E-state index is 0.299. The van der Waals surface area contributed by atoms with Gasteiger partial charge in [0.25, 0.3) is 0 Å². The van der Waals surface area contributed by atoms with Crippen molar-refractivity contribution in [1.82, 2.24) is 5.32 Å². The van der Waals surface area contributed by atoms with E-state index in [0.717, 1.165) is 26.1 Å². The van der Waals surface area contributed by atoms with Crippen LogP contribution in [0.3, 0.4) is 0 Å². The molecule has 5 heteroatoms. The number of likely N-dealkylation sites (N-methyl/N-ethyl adjacent to an activating group) is 1. The van der Waals surface area contributed by atoms with E-state index >= 15 is 0 Å². The van der Waals surface area contributed by atoms with E-state index in [4.69, 9.17) is 14.2 Å². The molecule has 0 aromatic carbocycles. The minimum atomic E-state index is -0.764.